The molecule has 0 bridgehead atoms. The van der Waals surface area contributed by atoms with Crippen LogP contribution < -0.4 is 10.6 Å². The second-order valence-electron chi connectivity index (χ2n) is 3.00. The Bertz CT molecular complexity index is 492. The van der Waals surface area contributed by atoms with Gasteiger partial charge in [-0.3, -0.25) is 0 Å². The molecule has 0 radical (unpaired) electrons. The minimum absolute atomic E-state index is 0.583. The van der Waals surface area contributed by atoms with Crippen LogP contribution in [0.5, 0.6) is 0 Å². The highest BCUT2D eigenvalue weighted by Crippen LogP contribution is 2.20. The quantitative estimate of drug-likeness (QED) is 0.711. The molecule has 0 saturated carbocycles. The zero-order chi connectivity index (χ0) is 10.7. The molecule has 0 saturated heterocycles. The maximum absolute atomic E-state index is 5.04. The average molecular weight is 218 g/mol. The molecule has 0 spiro atoms. The van der Waals surface area contributed by atoms with Crippen LogP contribution in [0.4, 0.5) is 5.69 Å². The van der Waals surface area contributed by atoms with Gasteiger partial charge in [0.1, 0.15) is 0 Å². The van der Waals surface area contributed by atoms with Crippen LogP contribution in [0, 0.1) is 0 Å². The lowest BCUT2D eigenvalue weighted by Crippen LogP contribution is -2.24. The number of nitrogens with one attached hydrogen (secondary N) is 2. The summed E-state index contributed by atoms with van der Waals surface area (Å²) in [6.45, 7) is 0. The molecule has 1 heterocycles. The highest BCUT2D eigenvalue weighted by molar-refractivity contribution is 7.80. The molecule has 0 aliphatic rings. The van der Waals surface area contributed by atoms with Crippen molar-refractivity contribution in [3.8, 4) is 0 Å². The van der Waals surface area contributed by atoms with E-state index >= 15 is 0 Å². The number of fused-ring (bicyclic) bond motifs is 1. The van der Waals surface area contributed by atoms with E-state index in [0.29, 0.717) is 5.11 Å². The van der Waals surface area contributed by atoms with Gasteiger partial charge in [0.15, 0.2) is 5.11 Å². The van der Waals surface area contributed by atoms with Gasteiger partial charge in [-0.05, 0) is 18.3 Å². The first-order valence-corrected chi connectivity index (χ1v) is 4.90. The summed E-state index contributed by atoms with van der Waals surface area (Å²) in [6.07, 6.45) is 3.44. The van der Waals surface area contributed by atoms with E-state index in [0.717, 1.165) is 16.5 Å². The minimum atomic E-state index is 0.583. The topological polar surface area (TPSA) is 49.8 Å². The van der Waals surface area contributed by atoms with Crippen molar-refractivity contribution in [2.75, 3.05) is 12.4 Å². The molecule has 76 valence electrons. The van der Waals surface area contributed by atoms with Crippen molar-refractivity contribution in [3.05, 3.63) is 30.6 Å². The Labute approximate surface area is 92.7 Å². The van der Waals surface area contributed by atoms with Crippen LogP contribution in [-0.4, -0.2) is 22.4 Å². The maximum atomic E-state index is 5.04. The lowest BCUT2D eigenvalue weighted by atomic mass is 10.2. The standard InChI is InChI=1S/C10H10N4S/c1-11-10(15)14-9-4-2-3-7-5-12-13-6-8(7)9/h2-6H,1H3,(H2,11,14,15). The normalized spacial score (nSPS) is 9.93. The van der Waals surface area contributed by atoms with E-state index in [1.807, 2.05) is 18.2 Å². The number of hydrogen-bond acceptors (Lipinski definition) is 3. The summed E-state index contributed by atoms with van der Waals surface area (Å²) in [5, 5.41) is 16.3. The van der Waals surface area contributed by atoms with Crippen molar-refractivity contribution >= 4 is 33.8 Å². The molecule has 0 atom stereocenters. The number of aromatic nitrogens is 2. The van der Waals surface area contributed by atoms with E-state index in [1.165, 1.54) is 0 Å². The third-order valence-corrected chi connectivity index (χ3v) is 2.37. The number of anilines is 1. The number of benzene rings is 1. The molecule has 0 amide bonds. The monoisotopic (exact) mass is 218 g/mol. The Morgan fingerprint density at radius 3 is 2.87 bits per heavy atom. The molecule has 2 N–H and O–H groups in total. The van der Waals surface area contributed by atoms with Gasteiger partial charge in [0, 0.05) is 23.5 Å². The highest BCUT2D eigenvalue weighted by Gasteiger charge is 2.01. The van der Waals surface area contributed by atoms with Gasteiger partial charge in [0.25, 0.3) is 0 Å². The first kappa shape index (κ1) is 9.79. The molecule has 5 heteroatoms. The second-order valence-corrected chi connectivity index (χ2v) is 3.41. The van der Waals surface area contributed by atoms with Crippen molar-refractivity contribution in [1.29, 1.82) is 0 Å². The molecular weight excluding hydrogens is 208 g/mol. The van der Waals surface area contributed by atoms with Crippen LogP contribution in [-0.2, 0) is 0 Å². The summed E-state index contributed by atoms with van der Waals surface area (Å²) in [5.74, 6) is 0. The van der Waals surface area contributed by atoms with Crippen molar-refractivity contribution in [1.82, 2.24) is 15.5 Å². The summed E-state index contributed by atoms with van der Waals surface area (Å²) in [6, 6.07) is 5.88. The Morgan fingerprint density at radius 1 is 1.27 bits per heavy atom. The second kappa shape index (κ2) is 4.18. The predicted molar refractivity (Wildman–Crippen MR) is 64.8 cm³/mol. The summed E-state index contributed by atoms with van der Waals surface area (Å²) in [4.78, 5) is 0. The van der Waals surface area contributed by atoms with E-state index in [1.54, 1.807) is 19.4 Å². The van der Waals surface area contributed by atoms with Crippen LogP contribution in [0.1, 0.15) is 0 Å². The van der Waals surface area contributed by atoms with E-state index in [4.69, 9.17) is 12.2 Å². The molecule has 4 nitrogen and oxygen atoms in total. The smallest absolute Gasteiger partial charge is 0.170 e. The molecule has 1 aromatic carbocycles. The fourth-order valence-corrected chi connectivity index (χ4v) is 1.43. The van der Waals surface area contributed by atoms with Gasteiger partial charge in [-0.15, -0.1) is 0 Å². The van der Waals surface area contributed by atoms with Crippen molar-refractivity contribution < 1.29 is 0 Å². The zero-order valence-corrected chi connectivity index (χ0v) is 9.01. The van der Waals surface area contributed by atoms with Crippen LogP contribution in [0.25, 0.3) is 10.8 Å². The minimum Gasteiger partial charge on any atom is -0.366 e. The molecule has 2 aromatic rings. The fourth-order valence-electron chi connectivity index (χ4n) is 1.32. The molecule has 0 aliphatic carbocycles. The Balaban J connectivity index is 2.46. The number of thiocarbonyl (C=S) groups is 1. The summed E-state index contributed by atoms with van der Waals surface area (Å²) in [5.41, 5.74) is 0.932. The molecule has 2 rings (SSSR count). The van der Waals surface area contributed by atoms with Gasteiger partial charge in [-0.2, -0.15) is 10.2 Å². The molecule has 0 aliphatic heterocycles. The van der Waals surface area contributed by atoms with Crippen molar-refractivity contribution in [2.24, 2.45) is 0 Å². The van der Waals surface area contributed by atoms with Crippen LogP contribution in [0.2, 0.25) is 0 Å². The lowest BCUT2D eigenvalue weighted by molar-refractivity contribution is 1.05. The van der Waals surface area contributed by atoms with E-state index < -0.39 is 0 Å². The van der Waals surface area contributed by atoms with Crippen LogP contribution in [0.15, 0.2) is 30.6 Å². The molecule has 0 unspecified atom stereocenters. The van der Waals surface area contributed by atoms with Gasteiger partial charge in [0.05, 0.1) is 12.4 Å². The van der Waals surface area contributed by atoms with E-state index in [-0.39, 0.29) is 0 Å². The number of rotatable bonds is 1. The Hall–Kier alpha value is -1.75. The van der Waals surface area contributed by atoms with Crippen LogP contribution >= 0.6 is 12.2 Å². The SMILES string of the molecule is CNC(=S)Nc1cccc2cnncc12. The largest absolute Gasteiger partial charge is 0.366 e. The Kier molecular flexibility index (Phi) is 2.73. The predicted octanol–water partition coefficient (Wildman–Crippen LogP) is 1.55. The van der Waals surface area contributed by atoms with Crippen molar-refractivity contribution in [2.45, 2.75) is 0 Å². The van der Waals surface area contributed by atoms with E-state index in [9.17, 15) is 0 Å². The molecular formula is C10H10N4S. The average Bonchev–Trinajstić information content (AvgIpc) is 2.29. The Morgan fingerprint density at radius 2 is 2.07 bits per heavy atom. The number of hydrogen-bond donors (Lipinski definition) is 2. The van der Waals surface area contributed by atoms with Crippen LogP contribution in [0.3, 0.4) is 0 Å². The summed E-state index contributed by atoms with van der Waals surface area (Å²) < 4.78 is 0. The zero-order valence-electron chi connectivity index (χ0n) is 8.19. The molecule has 15 heavy (non-hydrogen) atoms. The van der Waals surface area contributed by atoms with Gasteiger partial charge >= 0.3 is 0 Å². The third-order valence-electron chi connectivity index (χ3n) is 2.07. The first-order chi connectivity index (χ1) is 7.31. The lowest BCUT2D eigenvalue weighted by Gasteiger charge is -2.09. The fraction of sp³-hybridized carbons (Fsp3) is 0.100. The first-order valence-electron chi connectivity index (χ1n) is 4.49. The van der Waals surface area contributed by atoms with Gasteiger partial charge in [-0.25, -0.2) is 0 Å². The van der Waals surface area contributed by atoms with E-state index in [2.05, 4.69) is 20.8 Å². The number of nitrogens with zero attached hydrogens (tertiary/aromatic N) is 2. The highest BCUT2D eigenvalue weighted by atomic mass is 32.1. The van der Waals surface area contributed by atoms with Crippen molar-refractivity contribution in [3.63, 3.8) is 0 Å². The van der Waals surface area contributed by atoms with Gasteiger partial charge in [-0.1, -0.05) is 12.1 Å². The summed E-state index contributed by atoms with van der Waals surface area (Å²) in [7, 11) is 1.78. The molecule has 1 aromatic heterocycles. The summed E-state index contributed by atoms with van der Waals surface area (Å²) >= 11 is 5.04. The third kappa shape index (κ3) is 2.02. The molecule has 0 fully saturated rings. The van der Waals surface area contributed by atoms with Gasteiger partial charge < -0.3 is 10.6 Å². The maximum Gasteiger partial charge on any atom is 0.170 e. The van der Waals surface area contributed by atoms with Gasteiger partial charge in [0.2, 0.25) is 0 Å².